The van der Waals surface area contributed by atoms with E-state index in [1.165, 1.54) is 0 Å². The van der Waals surface area contributed by atoms with E-state index in [4.69, 9.17) is 11.6 Å². The van der Waals surface area contributed by atoms with Crippen LogP contribution in [0.4, 0.5) is 5.69 Å². The maximum atomic E-state index is 12.9. The van der Waals surface area contributed by atoms with Crippen LogP contribution in [0.15, 0.2) is 48.5 Å². The molecule has 0 fully saturated rings. The van der Waals surface area contributed by atoms with Gasteiger partial charge in [0.25, 0.3) is 5.91 Å². The summed E-state index contributed by atoms with van der Waals surface area (Å²) in [6.07, 6.45) is 1.49. The molecule has 2 aromatic carbocycles. The lowest BCUT2D eigenvalue weighted by atomic mass is 9.88. The second kappa shape index (κ2) is 6.98. The fourth-order valence-corrected chi connectivity index (χ4v) is 3.31. The van der Waals surface area contributed by atoms with E-state index in [1.54, 1.807) is 41.3 Å². The minimum atomic E-state index is -1.82. The molecule has 2 aromatic rings. The number of fused-ring (bicyclic) bond motifs is 1. The Morgan fingerprint density at radius 1 is 1.16 bits per heavy atom. The molecule has 1 N–H and O–H groups in total. The number of aliphatic hydroxyl groups is 1. The van der Waals surface area contributed by atoms with E-state index < -0.39 is 11.5 Å². The minimum absolute atomic E-state index is 0.285. The Morgan fingerprint density at radius 2 is 1.84 bits per heavy atom. The van der Waals surface area contributed by atoms with Gasteiger partial charge < -0.3 is 10.0 Å². The quantitative estimate of drug-likeness (QED) is 0.796. The zero-order valence-electron chi connectivity index (χ0n) is 14.0. The van der Waals surface area contributed by atoms with Crippen LogP contribution in [0.1, 0.15) is 42.1 Å². The Hall–Kier alpha value is -2.17. The van der Waals surface area contributed by atoms with Crippen LogP contribution < -0.4 is 4.90 Å². The van der Waals surface area contributed by atoms with Gasteiger partial charge in [0, 0.05) is 22.7 Å². The van der Waals surface area contributed by atoms with Gasteiger partial charge in [0.2, 0.25) is 0 Å². The Labute approximate surface area is 152 Å². The van der Waals surface area contributed by atoms with Crippen LogP contribution in [0, 0.1) is 0 Å². The van der Waals surface area contributed by atoms with Gasteiger partial charge in [-0.3, -0.25) is 9.59 Å². The van der Waals surface area contributed by atoms with Crippen molar-refractivity contribution in [2.45, 2.75) is 31.8 Å². The Kier molecular flexibility index (Phi) is 4.93. The Morgan fingerprint density at radius 3 is 2.52 bits per heavy atom. The first-order valence-corrected chi connectivity index (χ1v) is 8.78. The second-order valence-corrected chi connectivity index (χ2v) is 6.73. The van der Waals surface area contributed by atoms with Gasteiger partial charge in [-0.15, -0.1) is 0 Å². The number of para-hydroxylation sites is 1. The lowest BCUT2D eigenvalue weighted by Gasteiger charge is -2.22. The maximum absolute atomic E-state index is 12.9. The predicted molar refractivity (Wildman–Crippen MR) is 98.0 cm³/mol. The van der Waals surface area contributed by atoms with Crippen LogP contribution in [0.2, 0.25) is 5.02 Å². The molecule has 1 unspecified atom stereocenters. The number of Topliss-reactive ketones (excluding diaryl/α,β-unsaturated/α-hetero) is 1. The lowest BCUT2D eigenvalue weighted by Crippen LogP contribution is -2.42. The number of hydrogen-bond acceptors (Lipinski definition) is 3. The predicted octanol–water partition coefficient (Wildman–Crippen LogP) is 3.95. The van der Waals surface area contributed by atoms with Crippen LogP contribution in [0.3, 0.4) is 0 Å². The molecule has 130 valence electrons. The topological polar surface area (TPSA) is 57.6 Å². The number of rotatable bonds is 6. The van der Waals surface area contributed by atoms with E-state index in [0.29, 0.717) is 28.4 Å². The van der Waals surface area contributed by atoms with Crippen molar-refractivity contribution in [3.8, 4) is 0 Å². The third-order valence-electron chi connectivity index (χ3n) is 4.56. The highest BCUT2D eigenvalue weighted by molar-refractivity contribution is 6.30. The van der Waals surface area contributed by atoms with E-state index >= 15 is 0 Å². The molecule has 0 saturated heterocycles. The smallest absolute Gasteiger partial charge is 0.264 e. The summed E-state index contributed by atoms with van der Waals surface area (Å²) < 4.78 is 0. The van der Waals surface area contributed by atoms with Gasteiger partial charge in [-0.2, -0.15) is 0 Å². The summed E-state index contributed by atoms with van der Waals surface area (Å²) in [5.74, 6) is -0.718. The number of ketones is 1. The molecule has 1 aliphatic rings. The molecule has 0 spiro atoms. The average molecular weight is 358 g/mol. The van der Waals surface area contributed by atoms with Gasteiger partial charge >= 0.3 is 0 Å². The summed E-state index contributed by atoms with van der Waals surface area (Å²) in [5.41, 5.74) is -0.206. The van der Waals surface area contributed by atoms with Gasteiger partial charge in [-0.05, 0) is 36.8 Å². The summed E-state index contributed by atoms with van der Waals surface area (Å²) >= 11 is 5.85. The number of halogens is 1. The molecule has 1 heterocycles. The van der Waals surface area contributed by atoms with Crippen molar-refractivity contribution in [1.29, 1.82) is 0 Å². The monoisotopic (exact) mass is 357 g/mol. The van der Waals surface area contributed by atoms with E-state index in [0.717, 1.165) is 12.8 Å². The van der Waals surface area contributed by atoms with Crippen molar-refractivity contribution in [1.82, 2.24) is 0 Å². The summed E-state index contributed by atoms with van der Waals surface area (Å²) in [6, 6.07) is 13.6. The summed E-state index contributed by atoms with van der Waals surface area (Å²) in [4.78, 5) is 27.1. The average Bonchev–Trinajstić information content (AvgIpc) is 2.82. The summed E-state index contributed by atoms with van der Waals surface area (Å²) in [7, 11) is 0. The Bertz CT molecular complexity index is 803. The van der Waals surface area contributed by atoms with Gasteiger partial charge in [-0.25, -0.2) is 0 Å². The van der Waals surface area contributed by atoms with Crippen molar-refractivity contribution < 1.29 is 14.7 Å². The standard InChI is InChI=1S/C20H20ClNO3/c1-2-3-12-22-17-7-5-4-6-16(17)20(25,19(22)24)13-18(23)14-8-10-15(21)11-9-14/h4-11,25H,2-3,12-13H2,1H3. The minimum Gasteiger partial charge on any atom is -0.375 e. The number of unbranched alkanes of at least 4 members (excludes halogenated alkanes) is 1. The fourth-order valence-electron chi connectivity index (χ4n) is 3.19. The van der Waals surface area contributed by atoms with Gasteiger partial charge in [0.15, 0.2) is 11.4 Å². The van der Waals surface area contributed by atoms with Crippen LogP contribution in [-0.4, -0.2) is 23.3 Å². The number of amides is 1. The van der Waals surface area contributed by atoms with Crippen molar-refractivity contribution >= 4 is 29.0 Å². The van der Waals surface area contributed by atoms with Crippen LogP contribution in [-0.2, 0) is 10.4 Å². The number of nitrogens with zero attached hydrogens (tertiary/aromatic N) is 1. The molecule has 3 rings (SSSR count). The van der Waals surface area contributed by atoms with Gasteiger partial charge in [0.1, 0.15) is 0 Å². The van der Waals surface area contributed by atoms with Crippen molar-refractivity contribution in [2.24, 2.45) is 0 Å². The van der Waals surface area contributed by atoms with E-state index in [2.05, 4.69) is 0 Å². The molecule has 1 amide bonds. The molecular formula is C20H20ClNO3. The van der Waals surface area contributed by atoms with Crippen LogP contribution in [0.25, 0.3) is 0 Å². The number of hydrogen-bond donors (Lipinski definition) is 1. The highest BCUT2D eigenvalue weighted by atomic mass is 35.5. The van der Waals surface area contributed by atoms with E-state index in [9.17, 15) is 14.7 Å². The molecule has 25 heavy (non-hydrogen) atoms. The number of carbonyl (C=O) groups is 2. The molecule has 1 aliphatic heterocycles. The fraction of sp³-hybridized carbons (Fsp3) is 0.300. The number of benzene rings is 2. The third-order valence-corrected chi connectivity index (χ3v) is 4.81. The molecule has 1 atom stereocenters. The molecule has 5 heteroatoms. The molecular weight excluding hydrogens is 338 g/mol. The second-order valence-electron chi connectivity index (χ2n) is 6.29. The zero-order chi connectivity index (χ0) is 18.0. The van der Waals surface area contributed by atoms with Crippen molar-refractivity contribution in [3.05, 3.63) is 64.7 Å². The maximum Gasteiger partial charge on any atom is 0.264 e. The van der Waals surface area contributed by atoms with Gasteiger partial charge in [-0.1, -0.05) is 43.1 Å². The highest BCUT2D eigenvalue weighted by Crippen LogP contribution is 2.42. The van der Waals surface area contributed by atoms with Crippen molar-refractivity contribution in [3.63, 3.8) is 0 Å². The lowest BCUT2D eigenvalue weighted by molar-refractivity contribution is -0.135. The molecule has 0 aromatic heterocycles. The highest BCUT2D eigenvalue weighted by Gasteiger charge is 2.50. The zero-order valence-corrected chi connectivity index (χ0v) is 14.8. The van der Waals surface area contributed by atoms with Gasteiger partial charge in [0.05, 0.1) is 12.1 Å². The molecule has 0 aliphatic carbocycles. The van der Waals surface area contributed by atoms with Crippen LogP contribution in [0.5, 0.6) is 0 Å². The first-order valence-electron chi connectivity index (χ1n) is 8.40. The number of carbonyl (C=O) groups excluding carboxylic acids is 2. The molecule has 0 bridgehead atoms. The first kappa shape index (κ1) is 17.6. The molecule has 4 nitrogen and oxygen atoms in total. The van der Waals surface area contributed by atoms with Crippen molar-refractivity contribution in [2.75, 3.05) is 11.4 Å². The van der Waals surface area contributed by atoms with Crippen LogP contribution >= 0.6 is 11.6 Å². The number of anilines is 1. The SMILES string of the molecule is CCCCN1C(=O)C(O)(CC(=O)c2ccc(Cl)cc2)c2ccccc21. The molecule has 0 saturated carbocycles. The van der Waals surface area contributed by atoms with E-state index in [-0.39, 0.29) is 12.2 Å². The van der Waals surface area contributed by atoms with E-state index in [1.807, 2.05) is 19.1 Å². The summed E-state index contributed by atoms with van der Waals surface area (Å²) in [6.45, 7) is 2.58. The third kappa shape index (κ3) is 3.20. The summed E-state index contributed by atoms with van der Waals surface area (Å²) in [5, 5.41) is 11.7. The first-order chi connectivity index (χ1) is 12.0. The normalized spacial score (nSPS) is 19.2. The largest absolute Gasteiger partial charge is 0.375 e. The molecule has 0 radical (unpaired) electrons. The Balaban J connectivity index is 1.92.